The molecule has 1 aliphatic heterocycles. The van der Waals surface area contributed by atoms with Crippen LogP contribution in [0.15, 0.2) is 24.3 Å². The molecule has 5 nitrogen and oxygen atoms in total. The lowest BCUT2D eigenvalue weighted by Gasteiger charge is -2.22. The van der Waals surface area contributed by atoms with Gasteiger partial charge in [0.2, 0.25) is 5.91 Å². The van der Waals surface area contributed by atoms with Crippen molar-refractivity contribution in [2.45, 2.75) is 25.1 Å². The Morgan fingerprint density at radius 3 is 2.45 bits per heavy atom. The summed E-state index contributed by atoms with van der Waals surface area (Å²) < 4.78 is 42.0. The summed E-state index contributed by atoms with van der Waals surface area (Å²) in [6.07, 6.45) is -3.86. The summed E-state index contributed by atoms with van der Waals surface area (Å²) in [5.74, 6) is -0.442. The smallest absolute Gasteiger partial charge is 0.416 e. The molecule has 2 amide bonds. The van der Waals surface area contributed by atoms with Gasteiger partial charge in [0, 0.05) is 12.2 Å². The van der Waals surface area contributed by atoms with Gasteiger partial charge >= 0.3 is 12.3 Å². The lowest BCUT2D eigenvalue weighted by atomic mass is 10.1. The van der Waals surface area contributed by atoms with Gasteiger partial charge in [-0.05, 0) is 37.1 Å². The van der Waals surface area contributed by atoms with Gasteiger partial charge in [-0.15, -0.1) is 0 Å². The zero-order valence-electron chi connectivity index (χ0n) is 11.8. The van der Waals surface area contributed by atoms with Gasteiger partial charge < -0.3 is 10.1 Å². The van der Waals surface area contributed by atoms with E-state index in [9.17, 15) is 22.8 Å². The number of alkyl halides is 3. The standard InChI is InChI=1S/C14H15F3N2O3/c1-22-13(21)19-8-2-3-11(19)12(20)18-10-6-4-9(5-7-10)14(15,16)17/h4-7,11H,2-3,8H2,1H3,(H,18,20). The van der Waals surface area contributed by atoms with Crippen molar-refractivity contribution >= 4 is 17.7 Å². The molecule has 1 unspecified atom stereocenters. The summed E-state index contributed by atoms with van der Waals surface area (Å²) >= 11 is 0. The summed E-state index contributed by atoms with van der Waals surface area (Å²) in [6, 6.07) is 3.47. The summed E-state index contributed by atoms with van der Waals surface area (Å²) in [4.78, 5) is 25.0. The number of nitrogens with one attached hydrogen (secondary N) is 1. The molecule has 0 spiro atoms. The Balaban J connectivity index is 2.04. The minimum Gasteiger partial charge on any atom is -0.453 e. The highest BCUT2D eigenvalue weighted by molar-refractivity contribution is 5.96. The van der Waals surface area contributed by atoms with Crippen LogP contribution in [0.5, 0.6) is 0 Å². The molecular formula is C14H15F3N2O3. The van der Waals surface area contributed by atoms with E-state index in [1.165, 1.54) is 24.1 Å². The largest absolute Gasteiger partial charge is 0.453 e. The fourth-order valence-electron chi connectivity index (χ4n) is 2.34. The minimum atomic E-state index is -4.42. The summed E-state index contributed by atoms with van der Waals surface area (Å²) in [6.45, 7) is 0.414. The third-order valence-corrected chi connectivity index (χ3v) is 3.44. The second kappa shape index (κ2) is 6.25. The molecule has 1 N–H and O–H groups in total. The predicted octanol–water partition coefficient (Wildman–Crippen LogP) is 2.87. The molecule has 0 radical (unpaired) electrons. The third-order valence-electron chi connectivity index (χ3n) is 3.44. The van der Waals surface area contributed by atoms with Crippen LogP contribution in [0.25, 0.3) is 0 Å². The SMILES string of the molecule is COC(=O)N1CCCC1C(=O)Nc1ccc(C(F)(F)F)cc1. The quantitative estimate of drug-likeness (QED) is 0.913. The number of hydrogen-bond acceptors (Lipinski definition) is 3. The van der Waals surface area contributed by atoms with Crippen LogP contribution in [0.1, 0.15) is 18.4 Å². The maximum Gasteiger partial charge on any atom is 0.416 e. The molecule has 2 rings (SSSR count). The molecule has 1 aromatic rings. The number of likely N-dealkylation sites (tertiary alicyclic amines) is 1. The van der Waals surface area contributed by atoms with Crippen molar-refractivity contribution in [2.24, 2.45) is 0 Å². The van der Waals surface area contributed by atoms with Crippen LogP contribution in [0.4, 0.5) is 23.7 Å². The van der Waals surface area contributed by atoms with E-state index in [0.717, 1.165) is 12.1 Å². The Morgan fingerprint density at radius 2 is 1.91 bits per heavy atom. The summed E-state index contributed by atoms with van der Waals surface area (Å²) in [7, 11) is 1.23. The molecule has 0 saturated carbocycles. The van der Waals surface area contributed by atoms with Gasteiger partial charge in [0.15, 0.2) is 0 Å². The van der Waals surface area contributed by atoms with Gasteiger partial charge in [0.25, 0.3) is 0 Å². The van der Waals surface area contributed by atoms with E-state index in [1.807, 2.05) is 0 Å². The molecule has 1 aliphatic rings. The molecule has 1 heterocycles. The number of hydrogen-bond donors (Lipinski definition) is 1. The number of halogens is 3. The topological polar surface area (TPSA) is 58.6 Å². The van der Waals surface area contributed by atoms with Gasteiger partial charge in [-0.1, -0.05) is 0 Å². The van der Waals surface area contributed by atoms with Crippen molar-refractivity contribution in [3.05, 3.63) is 29.8 Å². The first kappa shape index (κ1) is 16.1. The normalized spacial score (nSPS) is 18.2. The average molecular weight is 316 g/mol. The molecule has 1 fully saturated rings. The lowest BCUT2D eigenvalue weighted by molar-refractivity contribution is -0.137. The Hall–Kier alpha value is -2.25. The highest BCUT2D eigenvalue weighted by Gasteiger charge is 2.35. The molecule has 0 bridgehead atoms. The summed E-state index contributed by atoms with van der Waals surface area (Å²) in [5.41, 5.74) is -0.544. The lowest BCUT2D eigenvalue weighted by Crippen LogP contribution is -2.43. The van der Waals surface area contributed by atoms with Crippen LogP contribution in [-0.2, 0) is 15.7 Å². The van der Waals surface area contributed by atoms with E-state index >= 15 is 0 Å². The molecule has 8 heteroatoms. The van der Waals surface area contributed by atoms with Gasteiger partial charge in [-0.3, -0.25) is 9.69 Å². The highest BCUT2D eigenvalue weighted by Crippen LogP contribution is 2.30. The molecular weight excluding hydrogens is 301 g/mol. The van der Waals surface area contributed by atoms with Crippen molar-refractivity contribution in [1.29, 1.82) is 0 Å². The Kier molecular flexibility index (Phi) is 4.58. The number of nitrogens with zero attached hydrogens (tertiary/aromatic N) is 1. The molecule has 1 atom stereocenters. The van der Waals surface area contributed by atoms with Gasteiger partial charge in [-0.2, -0.15) is 13.2 Å². The van der Waals surface area contributed by atoms with E-state index in [4.69, 9.17) is 0 Å². The fourth-order valence-corrected chi connectivity index (χ4v) is 2.34. The van der Waals surface area contributed by atoms with Gasteiger partial charge in [0.05, 0.1) is 12.7 Å². The first-order valence-electron chi connectivity index (χ1n) is 6.65. The second-order valence-corrected chi connectivity index (χ2v) is 4.89. The molecule has 120 valence electrons. The monoisotopic (exact) mass is 316 g/mol. The maximum atomic E-state index is 12.5. The van der Waals surface area contributed by atoms with Crippen LogP contribution >= 0.6 is 0 Å². The zero-order valence-corrected chi connectivity index (χ0v) is 11.8. The molecule has 1 aromatic carbocycles. The van der Waals surface area contributed by atoms with E-state index in [0.29, 0.717) is 19.4 Å². The Morgan fingerprint density at radius 1 is 1.27 bits per heavy atom. The first-order valence-corrected chi connectivity index (χ1v) is 6.65. The van der Waals surface area contributed by atoms with Crippen LogP contribution in [0.3, 0.4) is 0 Å². The van der Waals surface area contributed by atoms with Crippen molar-refractivity contribution in [3.63, 3.8) is 0 Å². The average Bonchev–Trinajstić information content (AvgIpc) is 2.95. The van der Waals surface area contributed by atoms with Crippen molar-refractivity contribution in [3.8, 4) is 0 Å². The Bertz CT molecular complexity index is 557. The minimum absolute atomic E-state index is 0.245. The van der Waals surface area contributed by atoms with Crippen molar-refractivity contribution in [2.75, 3.05) is 19.0 Å². The maximum absolute atomic E-state index is 12.5. The van der Waals surface area contributed by atoms with Crippen LogP contribution < -0.4 is 5.32 Å². The van der Waals surface area contributed by atoms with E-state index in [2.05, 4.69) is 10.1 Å². The van der Waals surface area contributed by atoms with Crippen LogP contribution in [0, 0.1) is 0 Å². The van der Waals surface area contributed by atoms with Gasteiger partial charge in [0.1, 0.15) is 6.04 Å². The van der Waals surface area contributed by atoms with E-state index in [1.54, 1.807) is 0 Å². The van der Waals surface area contributed by atoms with Crippen molar-refractivity contribution in [1.82, 2.24) is 4.90 Å². The molecule has 0 aromatic heterocycles. The highest BCUT2D eigenvalue weighted by atomic mass is 19.4. The number of anilines is 1. The molecule has 1 saturated heterocycles. The fraction of sp³-hybridized carbons (Fsp3) is 0.429. The van der Waals surface area contributed by atoms with E-state index in [-0.39, 0.29) is 5.69 Å². The van der Waals surface area contributed by atoms with Crippen molar-refractivity contribution < 1.29 is 27.5 Å². The number of rotatable bonds is 2. The number of ether oxygens (including phenoxy) is 1. The number of benzene rings is 1. The van der Waals surface area contributed by atoms with Crippen LogP contribution in [0.2, 0.25) is 0 Å². The van der Waals surface area contributed by atoms with E-state index < -0.39 is 29.8 Å². The first-order chi connectivity index (χ1) is 10.3. The second-order valence-electron chi connectivity index (χ2n) is 4.89. The number of amides is 2. The predicted molar refractivity (Wildman–Crippen MR) is 72.2 cm³/mol. The number of carbonyl (C=O) groups is 2. The zero-order chi connectivity index (χ0) is 16.3. The third kappa shape index (κ3) is 3.49. The number of carbonyl (C=O) groups excluding carboxylic acids is 2. The molecule has 0 aliphatic carbocycles. The van der Waals surface area contributed by atoms with Crippen LogP contribution in [-0.4, -0.2) is 36.6 Å². The summed E-state index contributed by atoms with van der Waals surface area (Å²) in [5, 5.41) is 2.52. The number of methoxy groups -OCH3 is 1. The Labute approximate surface area is 125 Å². The van der Waals surface area contributed by atoms with Gasteiger partial charge in [-0.25, -0.2) is 4.79 Å². The molecule has 22 heavy (non-hydrogen) atoms.